The third-order valence-corrected chi connectivity index (χ3v) is 3.86. The molecule has 0 bridgehead atoms. The molecule has 4 rings (SSSR count). The topological polar surface area (TPSA) is 80.9 Å². The van der Waals surface area contributed by atoms with Gasteiger partial charge in [-0.2, -0.15) is 14.7 Å². The Balaban J connectivity index is 2.24. The van der Waals surface area contributed by atoms with Gasteiger partial charge in [0.2, 0.25) is 0 Å². The van der Waals surface area contributed by atoms with Crippen molar-refractivity contribution in [3.05, 3.63) is 34.5 Å². The van der Waals surface area contributed by atoms with Gasteiger partial charge in [-0.15, -0.1) is 0 Å². The molecule has 0 aliphatic carbocycles. The van der Waals surface area contributed by atoms with Crippen molar-refractivity contribution in [2.75, 3.05) is 0 Å². The number of H-pyrrole nitrogens is 1. The molecule has 0 radical (unpaired) electrons. The molecule has 21 heavy (non-hydrogen) atoms. The van der Waals surface area contributed by atoms with Gasteiger partial charge in [0.05, 0.1) is 28.7 Å². The molecular formula is C14H14N6O. The van der Waals surface area contributed by atoms with Gasteiger partial charge < -0.3 is 4.98 Å². The van der Waals surface area contributed by atoms with E-state index in [1.807, 2.05) is 18.5 Å². The Bertz CT molecular complexity index is 1040. The lowest BCUT2D eigenvalue weighted by molar-refractivity contribution is 0.677. The molecule has 0 fully saturated rings. The zero-order valence-corrected chi connectivity index (χ0v) is 11.8. The normalized spacial score (nSPS) is 11.9. The van der Waals surface area contributed by atoms with Crippen molar-refractivity contribution in [3.63, 3.8) is 0 Å². The minimum atomic E-state index is -0.155. The molecule has 7 heteroatoms. The van der Waals surface area contributed by atoms with E-state index in [0.717, 1.165) is 40.7 Å². The van der Waals surface area contributed by atoms with Gasteiger partial charge in [0.15, 0.2) is 5.65 Å². The minimum Gasteiger partial charge on any atom is -0.338 e. The molecule has 0 aromatic carbocycles. The van der Waals surface area contributed by atoms with Crippen molar-refractivity contribution in [2.45, 2.75) is 26.8 Å². The number of pyridine rings is 1. The van der Waals surface area contributed by atoms with Crippen LogP contribution in [0.2, 0.25) is 0 Å². The fourth-order valence-electron chi connectivity index (χ4n) is 2.72. The molecular weight excluding hydrogens is 268 g/mol. The Morgan fingerprint density at radius 1 is 1.14 bits per heavy atom. The monoisotopic (exact) mass is 282 g/mol. The van der Waals surface area contributed by atoms with Crippen molar-refractivity contribution in [2.24, 2.45) is 0 Å². The summed E-state index contributed by atoms with van der Waals surface area (Å²) in [5.41, 5.74) is 3.15. The van der Waals surface area contributed by atoms with Gasteiger partial charge >= 0.3 is 0 Å². The van der Waals surface area contributed by atoms with Crippen LogP contribution in [0.15, 0.2) is 23.4 Å². The summed E-state index contributed by atoms with van der Waals surface area (Å²) in [5, 5.41) is 9.86. The smallest absolute Gasteiger partial charge is 0.283 e. The fourth-order valence-corrected chi connectivity index (χ4v) is 2.72. The van der Waals surface area contributed by atoms with Crippen LogP contribution in [0.3, 0.4) is 0 Å². The molecule has 0 unspecified atom stereocenters. The van der Waals surface area contributed by atoms with E-state index in [4.69, 9.17) is 0 Å². The van der Waals surface area contributed by atoms with Crippen LogP contribution < -0.4 is 5.56 Å². The molecule has 7 nitrogen and oxygen atoms in total. The number of fused-ring (bicyclic) bond motifs is 4. The molecule has 0 saturated carbocycles. The van der Waals surface area contributed by atoms with E-state index in [1.165, 1.54) is 4.52 Å². The molecule has 4 heterocycles. The second kappa shape index (κ2) is 4.15. The second-order valence-electron chi connectivity index (χ2n) is 4.96. The molecule has 4 aromatic heterocycles. The van der Waals surface area contributed by atoms with E-state index in [-0.39, 0.29) is 5.56 Å². The van der Waals surface area contributed by atoms with Crippen LogP contribution >= 0.6 is 0 Å². The molecule has 4 aromatic rings. The van der Waals surface area contributed by atoms with Crippen LogP contribution in [0.4, 0.5) is 0 Å². The first-order chi connectivity index (χ1) is 10.2. The van der Waals surface area contributed by atoms with Gasteiger partial charge in [-0.1, -0.05) is 6.92 Å². The van der Waals surface area contributed by atoms with Crippen molar-refractivity contribution >= 4 is 27.6 Å². The number of hydrogen-bond acceptors (Lipinski definition) is 4. The van der Waals surface area contributed by atoms with E-state index in [1.54, 1.807) is 18.6 Å². The summed E-state index contributed by atoms with van der Waals surface area (Å²) in [7, 11) is 0. The highest BCUT2D eigenvalue weighted by atomic mass is 16.1. The lowest BCUT2D eigenvalue weighted by atomic mass is 10.2. The maximum absolute atomic E-state index is 12.6. The largest absolute Gasteiger partial charge is 0.338 e. The first-order valence-electron chi connectivity index (χ1n) is 6.97. The molecule has 1 N–H and O–H groups in total. The highest BCUT2D eigenvalue weighted by molar-refractivity contribution is 6.01. The highest BCUT2D eigenvalue weighted by Gasteiger charge is 2.14. The predicted octanol–water partition coefficient (Wildman–Crippen LogP) is 1.50. The summed E-state index contributed by atoms with van der Waals surface area (Å²) in [5.74, 6) is 0. The van der Waals surface area contributed by atoms with Crippen LogP contribution in [-0.2, 0) is 13.0 Å². The highest BCUT2D eigenvalue weighted by Crippen LogP contribution is 2.21. The zero-order valence-electron chi connectivity index (χ0n) is 11.8. The van der Waals surface area contributed by atoms with E-state index in [0.29, 0.717) is 5.39 Å². The Morgan fingerprint density at radius 2 is 2.00 bits per heavy atom. The second-order valence-corrected chi connectivity index (χ2v) is 4.96. The molecule has 0 aliphatic heterocycles. The number of aromatic amines is 1. The zero-order chi connectivity index (χ0) is 14.6. The Kier molecular flexibility index (Phi) is 2.38. The number of nitrogens with zero attached hydrogens (tertiary/aromatic N) is 5. The number of aromatic nitrogens is 6. The molecule has 0 atom stereocenters. The molecule has 0 amide bonds. The standard InChI is InChI=1S/C14H14N6O/c1-3-8-5-17-20-12(8)18-11-9-7-16-19(4-2)13(9)15-6-10(11)14(20)21/h5-7,18H,3-4H2,1-2H3. The molecule has 0 saturated heterocycles. The molecule has 106 valence electrons. The fraction of sp³-hybridized carbons (Fsp3) is 0.286. The first-order valence-corrected chi connectivity index (χ1v) is 6.97. The summed E-state index contributed by atoms with van der Waals surface area (Å²) >= 11 is 0. The number of nitrogens with one attached hydrogen (secondary N) is 1. The van der Waals surface area contributed by atoms with Crippen molar-refractivity contribution < 1.29 is 0 Å². The van der Waals surface area contributed by atoms with Gasteiger partial charge in [0.1, 0.15) is 5.65 Å². The summed E-state index contributed by atoms with van der Waals surface area (Å²) in [6.45, 7) is 4.79. The maximum atomic E-state index is 12.6. The minimum absolute atomic E-state index is 0.155. The Morgan fingerprint density at radius 3 is 2.76 bits per heavy atom. The number of hydrogen-bond donors (Lipinski definition) is 1. The van der Waals surface area contributed by atoms with Crippen molar-refractivity contribution in [3.8, 4) is 0 Å². The van der Waals surface area contributed by atoms with E-state index < -0.39 is 0 Å². The number of aryl methyl sites for hydroxylation is 2. The van der Waals surface area contributed by atoms with E-state index in [2.05, 4.69) is 20.2 Å². The van der Waals surface area contributed by atoms with Gasteiger partial charge in [-0.3, -0.25) is 4.79 Å². The quantitative estimate of drug-likeness (QED) is 0.604. The third-order valence-electron chi connectivity index (χ3n) is 3.86. The van der Waals surface area contributed by atoms with Gasteiger partial charge in [0.25, 0.3) is 5.56 Å². The van der Waals surface area contributed by atoms with Gasteiger partial charge in [-0.05, 0) is 13.3 Å². The molecule has 0 aliphatic rings. The lowest BCUT2D eigenvalue weighted by Crippen LogP contribution is -2.16. The van der Waals surface area contributed by atoms with Crippen LogP contribution in [0.1, 0.15) is 19.4 Å². The summed E-state index contributed by atoms with van der Waals surface area (Å²) in [6, 6.07) is 0. The molecule has 0 spiro atoms. The van der Waals surface area contributed by atoms with Gasteiger partial charge in [0, 0.05) is 18.3 Å². The first kappa shape index (κ1) is 12.1. The predicted molar refractivity (Wildman–Crippen MR) is 79.5 cm³/mol. The van der Waals surface area contributed by atoms with Crippen LogP contribution in [-0.4, -0.2) is 29.4 Å². The average molecular weight is 282 g/mol. The van der Waals surface area contributed by atoms with E-state index in [9.17, 15) is 4.79 Å². The third kappa shape index (κ3) is 1.48. The summed E-state index contributed by atoms with van der Waals surface area (Å²) in [4.78, 5) is 20.3. The maximum Gasteiger partial charge on any atom is 0.283 e. The number of rotatable bonds is 2. The lowest BCUT2D eigenvalue weighted by Gasteiger charge is -2.03. The van der Waals surface area contributed by atoms with Gasteiger partial charge in [-0.25, -0.2) is 9.67 Å². The Hall–Kier alpha value is -2.70. The van der Waals surface area contributed by atoms with Crippen LogP contribution in [0, 0.1) is 0 Å². The summed E-state index contributed by atoms with van der Waals surface area (Å²) in [6.07, 6.45) is 5.89. The SMILES string of the molecule is CCc1cnn2c(=O)c3cnc4c(cnn4CC)c3[nH]c12. The average Bonchev–Trinajstić information content (AvgIpc) is 3.10. The Labute approximate surface area is 119 Å². The summed E-state index contributed by atoms with van der Waals surface area (Å²) < 4.78 is 3.22. The van der Waals surface area contributed by atoms with Crippen molar-refractivity contribution in [1.82, 2.24) is 29.4 Å². The van der Waals surface area contributed by atoms with Crippen LogP contribution in [0.25, 0.3) is 27.6 Å². The van der Waals surface area contributed by atoms with Crippen molar-refractivity contribution in [1.29, 1.82) is 0 Å². The van der Waals surface area contributed by atoms with E-state index >= 15 is 0 Å². The van der Waals surface area contributed by atoms with Crippen LogP contribution in [0.5, 0.6) is 0 Å².